The Morgan fingerprint density at radius 1 is 1.17 bits per heavy atom. The normalized spacial score (nSPS) is 16.8. The molecule has 5 nitrogen and oxygen atoms in total. The molecule has 0 atom stereocenters. The largest absolute Gasteiger partial charge is 0.446 e. The summed E-state index contributed by atoms with van der Waals surface area (Å²) in [6, 6.07) is 13.5. The Balaban J connectivity index is 1.35. The number of H-pyrrole nitrogens is 1. The van der Waals surface area contributed by atoms with Crippen molar-refractivity contribution in [1.82, 2.24) is 14.9 Å². The van der Waals surface area contributed by atoms with Gasteiger partial charge in [-0.1, -0.05) is 35.9 Å². The quantitative estimate of drug-likeness (QED) is 0.432. The van der Waals surface area contributed by atoms with Crippen LogP contribution in [0.25, 0.3) is 0 Å². The number of rotatable bonds is 5. The van der Waals surface area contributed by atoms with Gasteiger partial charge in [-0.2, -0.15) is 13.2 Å². The molecule has 1 aliphatic carbocycles. The van der Waals surface area contributed by atoms with Gasteiger partial charge in [-0.15, -0.1) is 0 Å². The highest BCUT2D eigenvalue weighted by molar-refractivity contribution is 8.00. The summed E-state index contributed by atoms with van der Waals surface area (Å²) in [6.07, 6.45) is 2.90. The third-order valence-corrected chi connectivity index (χ3v) is 7.67. The van der Waals surface area contributed by atoms with Crippen LogP contribution in [0.5, 0.6) is 0 Å². The molecule has 1 N–H and O–H groups in total. The van der Waals surface area contributed by atoms with Crippen LogP contribution in [-0.4, -0.2) is 32.8 Å². The molecule has 0 saturated heterocycles. The Hall–Kier alpha value is -2.78. The maximum absolute atomic E-state index is 13.1. The number of thioether (sulfide) groups is 1. The van der Waals surface area contributed by atoms with Crippen LogP contribution in [0.1, 0.15) is 47.5 Å². The molecule has 2 heterocycles. The molecule has 1 aliphatic heterocycles. The van der Waals surface area contributed by atoms with Crippen LogP contribution in [0, 0.1) is 0 Å². The van der Waals surface area contributed by atoms with Gasteiger partial charge in [0.2, 0.25) is 5.91 Å². The Bertz CT molecular complexity index is 1370. The molecule has 10 heteroatoms. The number of halogens is 4. The van der Waals surface area contributed by atoms with Gasteiger partial charge in [0, 0.05) is 16.5 Å². The number of benzene rings is 2. The average molecular weight is 534 g/mol. The number of hydrogen-bond donors (Lipinski definition) is 1. The van der Waals surface area contributed by atoms with Crippen LogP contribution in [0.2, 0.25) is 5.02 Å². The maximum atomic E-state index is 13.1. The van der Waals surface area contributed by atoms with Gasteiger partial charge in [-0.05, 0) is 72.8 Å². The monoisotopic (exact) mass is 533 g/mol. The van der Waals surface area contributed by atoms with Crippen LogP contribution in [-0.2, 0) is 29.6 Å². The van der Waals surface area contributed by atoms with Crippen molar-refractivity contribution in [2.45, 2.75) is 54.5 Å². The number of hydrogen-bond acceptors (Lipinski definition) is 4. The molecule has 0 spiro atoms. The summed E-state index contributed by atoms with van der Waals surface area (Å²) < 4.78 is 38.1. The number of nitrogens with one attached hydrogen (secondary N) is 1. The summed E-state index contributed by atoms with van der Waals surface area (Å²) >= 11 is 5.99. The van der Waals surface area contributed by atoms with Gasteiger partial charge in [0.1, 0.15) is 5.82 Å². The first kappa shape index (κ1) is 24.9. The van der Waals surface area contributed by atoms with Crippen molar-refractivity contribution in [3.63, 3.8) is 0 Å². The fourth-order valence-electron chi connectivity index (χ4n) is 4.77. The molecule has 2 aromatic carbocycles. The van der Waals surface area contributed by atoms with E-state index in [1.807, 2.05) is 24.3 Å². The van der Waals surface area contributed by atoms with Crippen LogP contribution < -0.4 is 5.56 Å². The molecule has 36 heavy (non-hydrogen) atoms. The molecule has 0 radical (unpaired) electrons. The summed E-state index contributed by atoms with van der Waals surface area (Å²) in [5.41, 5.74) is -2.32. The molecule has 1 aromatic heterocycles. The Morgan fingerprint density at radius 2 is 1.94 bits per heavy atom. The van der Waals surface area contributed by atoms with E-state index < -0.39 is 5.51 Å². The lowest BCUT2D eigenvalue weighted by Gasteiger charge is -2.21. The van der Waals surface area contributed by atoms with Crippen molar-refractivity contribution >= 4 is 29.3 Å². The van der Waals surface area contributed by atoms with Crippen molar-refractivity contribution < 1.29 is 18.0 Å². The van der Waals surface area contributed by atoms with Gasteiger partial charge in [0.15, 0.2) is 0 Å². The van der Waals surface area contributed by atoms with Crippen molar-refractivity contribution in [1.29, 1.82) is 0 Å². The summed E-state index contributed by atoms with van der Waals surface area (Å²) in [5, 5.41) is 0.632. The number of amides is 1. The van der Waals surface area contributed by atoms with Crippen LogP contribution in [0.3, 0.4) is 0 Å². The predicted molar refractivity (Wildman–Crippen MR) is 132 cm³/mol. The maximum Gasteiger partial charge on any atom is 0.446 e. The minimum atomic E-state index is -4.39. The molecule has 1 saturated carbocycles. The van der Waals surface area contributed by atoms with E-state index >= 15 is 0 Å². The Labute approximate surface area is 215 Å². The van der Waals surface area contributed by atoms with E-state index in [1.165, 1.54) is 18.2 Å². The number of nitrogens with zero attached hydrogens (tertiary/aromatic N) is 2. The van der Waals surface area contributed by atoms with E-state index in [4.69, 9.17) is 16.6 Å². The highest BCUT2D eigenvalue weighted by atomic mass is 35.5. The smallest absolute Gasteiger partial charge is 0.338 e. The van der Waals surface area contributed by atoms with E-state index in [-0.39, 0.29) is 46.5 Å². The first-order valence-electron chi connectivity index (χ1n) is 11.6. The second-order valence-corrected chi connectivity index (χ2v) is 10.8. The van der Waals surface area contributed by atoms with Gasteiger partial charge in [0.05, 0.1) is 29.6 Å². The summed E-state index contributed by atoms with van der Waals surface area (Å²) in [7, 11) is 0. The lowest BCUT2D eigenvalue weighted by molar-refractivity contribution is -0.131. The minimum Gasteiger partial charge on any atom is -0.338 e. The zero-order valence-electron chi connectivity index (χ0n) is 19.2. The van der Waals surface area contributed by atoms with Crippen molar-refractivity contribution in [3.8, 4) is 0 Å². The summed E-state index contributed by atoms with van der Waals surface area (Å²) in [6.45, 7) is 0.568. The average Bonchev–Trinajstić information content (AvgIpc) is 3.62. The van der Waals surface area contributed by atoms with E-state index in [0.29, 0.717) is 47.1 Å². The third-order valence-electron chi connectivity index (χ3n) is 6.71. The van der Waals surface area contributed by atoms with Crippen molar-refractivity contribution in [2.75, 3.05) is 6.54 Å². The molecule has 0 unspecified atom stereocenters. The number of aryl methyl sites for hydroxylation is 1. The summed E-state index contributed by atoms with van der Waals surface area (Å²) in [5.74, 6) is 0.394. The highest BCUT2D eigenvalue weighted by Gasteiger charge is 2.48. The second-order valence-electron chi connectivity index (χ2n) is 9.22. The number of alkyl halides is 3. The number of fused-ring (bicyclic) bond motifs is 1. The molecule has 1 amide bonds. The van der Waals surface area contributed by atoms with Gasteiger partial charge in [-0.25, -0.2) is 4.98 Å². The number of carbonyl (C=O) groups is 1. The molecule has 0 bridgehead atoms. The van der Waals surface area contributed by atoms with Gasteiger partial charge in [-0.3, -0.25) is 9.59 Å². The number of aromatic amines is 1. The van der Waals surface area contributed by atoms with E-state index in [9.17, 15) is 22.8 Å². The number of aromatic nitrogens is 2. The standard InChI is InChI=1S/C26H23ClF3N3O2S/c27-18-6-2-5-17(14-18)25(9-10-25)24-31-21-8-3-11-33(15-20(21)23(35)32-24)22(34)13-16-4-1-7-19(12-16)36-26(28,29)30/h1-2,4-7,12,14H,3,8-11,13,15H2,(H,31,32,35). The van der Waals surface area contributed by atoms with Crippen LogP contribution in [0.15, 0.2) is 58.2 Å². The molecule has 188 valence electrons. The van der Waals surface area contributed by atoms with E-state index in [1.54, 1.807) is 11.0 Å². The van der Waals surface area contributed by atoms with E-state index in [0.717, 1.165) is 18.4 Å². The Morgan fingerprint density at radius 3 is 2.67 bits per heavy atom. The highest BCUT2D eigenvalue weighted by Crippen LogP contribution is 2.52. The van der Waals surface area contributed by atoms with Crippen LogP contribution >= 0.6 is 23.4 Å². The molecular formula is C26H23ClF3N3O2S. The van der Waals surface area contributed by atoms with Gasteiger partial charge in [0.25, 0.3) is 5.56 Å². The van der Waals surface area contributed by atoms with Gasteiger partial charge < -0.3 is 9.88 Å². The molecular weight excluding hydrogens is 511 g/mol. The van der Waals surface area contributed by atoms with Gasteiger partial charge >= 0.3 is 5.51 Å². The lowest BCUT2D eigenvalue weighted by atomic mass is 9.94. The molecule has 5 rings (SSSR count). The predicted octanol–water partition coefficient (Wildman–Crippen LogP) is 5.63. The molecule has 3 aromatic rings. The van der Waals surface area contributed by atoms with Crippen molar-refractivity contribution in [3.05, 3.63) is 92.1 Å². The van der Waals surface area contributed by atoms with E-state index in [2.05, 4.69) is 4.98 Å². The molecule has 1 fully saturated rings. The van der Waals surface area contributed by atoms with Crippen LogP contribution in [0.4, 0.5) is 13.2 Å². The molecule has 2 aliphatic rings. The lowest BCUT2D eigenvalue weighted by Crippen LogP contribution is -2.34. The first-order chi connectivity index (χ1) is 17.1. The first-order valence-corrected chi connectivity index (χ1v) is 12.8. The Kier molecular flexibility index (Phi) is 6.63. The zero-order chi connectivity index (χ0) is 25.5. The minimum absolute atomic E-state index is 0.0379. The summed E-state index contributed by atoms with van der Waals surface area (Å²) in [4.78, 5) is 35.6. The number of carbonyl (C=O) groups excluding carboxylic acids is 1. The third kappa shape index (κ3) is 5.32. The topological polar surface area (TPSA) is 66.1 Å². The second kappa shape index (κ2) is 9.59. The van der Waals surface area contributed by atoms with Crippen molar-refractivity contribution in [2.24, 2.45) is 0 Å². The zero-order valence-corrected chi connectivity index (χ0v) is 20.8. The fourth-order valence-corrected chi connectivity index (χ4v) is 5.59. The SMILES string of the molecule is O=C(Cc1cccc(SC(F)(F)F)c1)N1CCCc2nc(C3(c4cccc(Cl)c4)CC3)[nH]c(=O)c2C1. The fraction of sp³-hybridized carbons (Fsp3) is 0.346.